The van der Waals surface area contributed by atoms with Gasteiger partial charge in [-0.1, -0.05) is 19.1 Å². The Kier molecular flexibility index (Phi) is 6.27. The summed E-state index contributed by atoms with van der Waals surface area (Å²) in [5.41, 5.74) is 2.72. The van der Waals surface area contributed by atoms with Crippen LogP contribution in [0, 0.1) is 6.92 Å². The van der Waals surface area contributed by atoms with E-state index >= 15 is 0 Å². The smallest absolute Gasteiger partial charge is 0.118 e. The molecule has 0 saturated carbocycles. The van der Waals surface area contributed by atoms with Crippen molar-refractivity contribution in [3.05, 3.63) is 50.1 Å². The molecule has 0 amide bonds. The van der Waals surface area contributed by atoms with Crippen LogP contribution < -0.4 is 10.1 Å². The van der Waals surface area contributed by atoms with Gasteiger partial charge in [-0.3, -0.25) is 0 Å². The molecular weight excluding hydrogens is 346 g/mol. The Morgan fingerprint density at radius 3 is 2.52 bits per heavy atom. The van der Waals surface area contributed by atoms with Crippen molar-refractivity contribution < 1.29 is 4.74 Å². The first-order chi connectivity index (χ1) is 10.1. The predicted molar refractivity (Wildman–Crippen MR) is 94.5 cm³/mol. The number of methoxy groups -OCH3 is 1. The Morgan fingerprint density at radius 1 is 1.29 bits per heavy atom. The third-order valence-electron chi connectivity index (χ3n) is 3.54. The fourth-order valence-corrected chi connectivity index (χ4v) is 4.18. The largest absolute Gasteiger partial charge is 0.497 e. The number of hydrogen-bond acceptors (Lipinski definition) is 3. The highest BCUT2D eigenvalue weighted by atomic mass is 79.9. The van der Waals surface area contributed by atoms with Crippen LogP contribution in [-0.2, 0) is 6.42 Å². The number of nitrogens with one attached hydrogen (secondary N) is 1. The molecule has 1 heterocycles. The minimum atomic E-state index is 0.362. The van der Waals surface area contributed by atoms with Crippen LogP contribution in [-0.4, -0.2) is 13.7 Å². The molecule has 2 aromatic rings. The summed E-state index contributed by atoms with van der Waals surface area (Å²) in [4.78, 5) is 1.38. The zero-order chi connectivity index (χ0) is 15.2. The summed E-state index contributed by atoms with van der Waals surface area (Å²) < 4.78 is 6.43. The maximum Gasteiger partial charge on any atom is 0.118 e. The number of thiophene rings is 1. The van der Waals surface area contributed by atoms with Gasteiger partial charge in [0, 0.05) is 10.9 Å². The molecule has 4 heteroatoms. The van der Waals surface area contributed by atoms with Gasteiger partial charge in [-0.15, -0.1) is 11.3 Å². The second-order valence-corrected chi connectivity index (χ2v) is 7.76. The first-order valence-corrected chi connectivity index (χ1v) is 8.87. The van der Waals surface area contributed by atoms with Gasteiger partial charge >= 0.3 is 0 Å². The van der Waals surface area contributed by atoms with Crippen LogP contribution in [0.5, 0.6) is 5.75 Å². The lowest BCUT2D eigenvalue weighted by atomic mass is 9.99. The lowest BCUT2D eigenvalue weighted by Crippen LogP contribution is -2.24. The molecular formula is C17H22BrNOS. The van der Waals surface area contributed by atoms with Crippen molar-refractivity contribution in [1.29, 1.82) is 0 Å². The van der Waals surface area contributed by atoms with Crippen molar-refractivity contribution in [2.75, 3.05) is 13.7 Å². The fourth-order valence-electron chi connectivity index (χ4n) is 2.41. The maximum atomic E-state index is 5.23. The highest BCUT2D eigenvalue weighted by Gasteiger charge is 2.16. The average Bonchev–Trinajstić information content (AvgIpc) is 2.83. The normalized spacial score (nSPS) is 12.4. The van der Waals surface area contributed by atoms with Crippen molar-refractivity contribution in [3.8, 4) is 5.75 Å². The number of rotatable bonds is 7. The molecule has 0 aliphatic rings. The minimum Gasteiger partial charge on any atom is -0.497 e. The van der Waals surface area contributed by atoms with E-state index in [1.54, 1.807) is 18.4 Å². The summed E-state index contributed by atoms with van der Waals surface area (Å²) >= 11 is 5.40. The Morgan fingerprint density at radius 2 is 2.00 bits per heavy atom. The molecule has 1 aromatic heterocycles. The molecule has 0 bridgehead atoms. The average molecular weight is 368 g/mol. The van der Waals surface area contributed by atoms with Crippen LogP contribution in [0.25, 0.3) is 0 Å². The first kappa shape index (κ1) is 16.5. The third kappa shape index (κ3) is 4.56. The molecule has 21 heavy (non-hydrogen) atoms. The van der Waals surface area contributed by atoms with E-state index < -0.39 is 0 Å². The highest BCUT2D eigenvalue weighted by molar-refractivity contribution is 9.11. The van der Waals surface area contributed by atoms with Crippen molar-refractivity contribution in [3.63, 3.8) is 0 Å². The zero-order valence-electron chi connectivity index (χ0n) is 12.8. The molecule has 0 saturated heterocycles. The van der Waals surface area contributed by atoms with Crippen molar-refractivity contribution in [1.82, 2.24) is 5.32 Å². The van der Waals surface area contributed by atoms with Gasteiger partial charge in [0.1, 0.15) is 5.75 Å². The molecule has 0 radical (unpaired) electrons. The summed E-state index contributed by atoms with van der Waals surface area (Å²) in [5.74, 6) is 0.909. The fraction of sp³-hybridized carbons (Fsp3) is 0.412. The highest BCUT2D eigenvalue weighted by Crippen LogP contribution is 2.32. The van der Waals surface area contributed by atoms with Gasteiger partial charge in [0.15, 0.2) is 0 Å². The van der Waals surface area contributed by atoms with E-state index in [1.807, 2.05) is 12.1 Å². The van der Waals surface area contributed by atoms with E-state index in [-0.39, 0.29) is 0 Å². The molecule has 0 aliphatic carbocycles. The van der Waals surface area contributed by atoms with Crippen molar-refractivity contribution in [2.45, 2.75) is 32.7 Å². The molecule has 0 aliphatic heterocycles. The Bertz CT molecular complexity index is 565. The summed E-state index contributed by atoms with van der Waals surface area (Å²) in [6, 6.07) is 11.0. The summed E-state index contributed by atoms with van der Waals surface area (Å²) in [6.07, 6.45) is 2.14. The number of ether oxygens (including phenoxy) is 1. The van der Waals surface area contributed by atoms with Crippen LogP contribution in [0.3, 0.4) is 0 Å². The molecule has 114 valence electrons. The molecule has 2 rings (SSSR count). The van der Waals surface area contributed by atoms with E-state index in [0.717, 1.165) is 25.1 Å². The van der Waals surface area contributed by atoms with Gasteiger partial charge in [-0.25, -0.2) is 0 Å². The number of aryl methyl sites for hydroxylation is 1. The van der Waals surface area contributed by atoms with E-state index in [4.69, 9.17) is 4.74 Å². The predicted octanol–water partition coefficient (Wildman–Crippen LogP) is 5.11. The van der Waals surface area contributed by atoms with Crippen LogP contribution in [0.2, 0.25) is 0 Å². The van der Waals surface area contributed by atoms with Crippen LogP contribution in [0.1, 0.15) is 35.4 Å². The van der Waals surface area contributed by atoms with Gasteiger partial charge in [-0.05, 0) is 71.6 Å². The Labute approximate surface area is 139 Å². The lowest BCUT2D eigenvalue weighted by Gasteiger charge is -2.19. The van der Waals surface area contributed by atoms with Crippen LogP contribution in [0.4, 0.5) is 0 Å². The lowest BCUT2D eigenvalue weighted by molar-refractivity contribution is 0.414. The van der Waals surface area contributed by atoms with Gasteiger partial charge in [-0.2, -0.15) is 0 Å². The van der Waals surface area contributed by atoms with Crippen molar-refractivity contribution >= 4 is 27.3 Å². The van der Waals surface area contributed by atoms with E-state index in [1.165, 1.54) is 19.8 Å². The minimum absolute atomic E-state index is 0.362. The number of benzene rings is 1. The van der Waals surface area contributed by atoms with E-state index in [2.05, 4.69) is 53.3 Å². The molecule has 2 nitrogen and oxygen atoms in total. The molecule has 1 N–H and O–H groups in total. The molecule has 1 unspecified atom stereocenters. The molecule has 0 spiro atoms. The quantitative estimate of drug-likeness (QED) is 0.733. The maximum absolute atomic E-state index is 5.23. The molecule has 1 aromatic carbocycles. The van der Waals surface area contributed by atoms with Crippen molar-refractivity contribution in [2.24, 2.45) is 0 Å². The Hall–Kier alpha value is -0.840. The number of halogens is 1. The third-order valence-corrected chi connectivity index (χ3v) is 5.11. The van der Waals surface area contributed by atoms with Crippen LogP contribution in [0.15, 0.2) is 34.1 Å². The zero-order valence-corrected chi connectivity index (χ0v) is 15.2. The van der Waals surface area contributed by atoms with Gasteiger partial charge in [0.2, 0.25) is 0 Å². The summed E-state index contributed by atoms with van der Waals surface area (Å²) in [7, 11) is 1.70. The Balaban J connectivity index is 2.17. The monoisotopic (exact) mass is 367 g/mol. The van der Waals surface area contributed by atoms with Gasteiger partial charge in [0.05, 0.1) is 10.9 Å². The molecule has 1 atom stereocenters. The topological polar surface area (TPSA) is 21.3 Å². The molecule has 0 fully saturated rings. The first-order valence-electron chi connectivity index (χ1n) is 7.26. The number of hydrogen-bond donors (Lipinski definition) is 1. The van der Waals surface area contributed by atoms with Gasteiger partial charge < -0.3 is 10.1 Å². The van der Waals surface area contributed by atoms with E-state index in [0.29, 0.717) is 6.04 Å². The van der Waals surface area contributed by atoms with E-state index in [9.17, 15) is 0 Å². The summed E-state index contributed by atoms with van der Waals surface area (Å²) in [5, 5.41) is 3.67. The summed E-state index contributed by atoms with van der Waals surface area (Å²) in [6.45, 7) is 5.43. The standard InChI is InChI=1S/C17H22BrNOS/c1-4-9-19-16(15-11-17(18)21-12(15)2)10-13-5-7-14(20-3)8-6-13/h5-8,11,16,19H,4,9-10H2,1-3H3. The van der Waals surface area contributed by atoms with Crippen LogP contribution >= 0.6 is 27.3 Å². The SMILES string of the molecule is CCCNC(Cc1ccc(OC)cc1)c1cc(Br)sc1C. The second-order valence-electron chi connectivity index (χ2n) is 5.12. The van der Waals surface area contributed by atoms with Gasteiger partial charge in [0.25, 0.3) is 0 Å². The second kappa shape index (κ2) is 7.97.